The molecule has 0 aliphatic heterocycles. The topological polar surface area (TPSA) is 66.6 Å². The normalized spacial score (nSPS) is 11.5. The lowest BCUT2D eigenvalue weighted by molar-refractivity contribution is -0.136. The molecule has 0 spiro atoms. The van der Waals surface area contributed by atoms with Crippen LogP contribution in [0.3, 0.4) is 0 Å². The van der Waals surface area contributed by atoms with Gasteiger partial charge in [-0.3, -0.25) is 4.79 Å². The Labute approximate surface area is 194 Å². The predicted molar refractivity (Wildman–Crippen MR) is 130 cm³/mol. The first-order chi connectivity index (χ1) is 15.1. The summed E-state index contributed by atoms with van der Waals surface area (Å²) in [5.41, 5.74) is 3.37. The number of nitrogens with one attached hydrogen (secondary N) is 1. The van der Waals surface area contributed by atoms with E-state index in [1.165, 1.54) is 0 Å². The summed E-state index contributed by atoms with van der Waals surface area (Å²) in [5, 5.41) is 15.6. The van der Waals surface area contributed by atoms with Crippen molar-refractivity contribution in [3.05, 3.63) is 124 Å². The van der Waals surface area contributed by atoms with Crippen LogP contribution in [-0.4, -0.2) is 21.8 Å². The van der Waals surface area contributed by atoms with Gasteiger partial charge < -0.3 is 9.67 Å². The SMILES string of the molecule is O=C(N/N=C\c1cccn1-c1ccc(I)cc1)C(O)(c1ccccc1)c1ccccc1. The third kappa shape index (κ3) is 4.45. The van der Waals surface area contributed by atoms with Crippen molar-refractivity contribution in [1.82, 2.24) is 9.99 Å². The second-order valence-electron chi connectivity index (χ2n) is 6.92. The smallest absolute Gasteiger partial charge is 0.281 e. The molecule has 0 saturated heterocycles. The molecule has 0 atom stereocenters. The molecule has 1 aromatic heterocycles. The van der Waals surface area contributed by atoms with Gasteiger partial charge in [-0.15, -0.1) is 0 Å². The highest BCUT2D eigenvalue weighted by Crippen LogP contribution is 2.29. The number of hydrogen-bond donors (Lipinski definition) is 2. The highest BCUT2D eigenvalue weighted by atomic mass is 127. The Morgan fingerprint density at radius 2 is 1.45 bits per heavy atom. The first-order valence-corrected chi connectivity index (χ1v) is 10.8. The van der Waals surface area contributed by atoms with Gasteiger partial charge >= 0.3 is 0 Å². The van der Waals surface area contributed by atoms with Crippen molar-refractivity contribution >= 4 is 34.7 Å². The second kappa shape index (κ2) is 9.28. The van der Waals surface area contributed by atoms with Crippen LogP contribution in [0.15, 0.2) is 108 Å². The third-order valence-corrected chi connectivity index (χ3v) is 5.68. The number of hydrazone groups is 1. The molecule has 2 N–H and O–H groups in total. The van der Waals surface area contributed by atoms with Crippen molar-refractivity contribution in [2.24, 2.45) is 5.10 Å². The van der Waals surface area contributed by atoms with E-state index in [-0.39, 0.29) is 0 Å². The fourth-order valence-corrected chi connectivity index (χ4v) is 3.72. The Kier molecular flexibility index (Phi) is 6.29. The number of carbonyl (C=O) groups is 1. The molecule has 31 heavy (non-hydrogen) atoms. The van der Waals surface area contributed by atoms with E-state index in [0.717, 1.165) is 15.0 Å². The molecule has 0 bridgehead atoms. The molecule has 0 aliphatic carbocycles. The Bertz CT molecular complexity index is 1150. The van der Waals surface area contributed by atoms with Crippen LogP contribution in [0, 0.1) is 3.57 Å². The van der Waals surface area contributed by atoms with Crippen LogP contribution in [0.25, 0.3) is 5.69 Å². The first kappa shape index (κ1) is 21.0. The van der Waals surface area contributed by atoms with Crippen molar-refractivity contribution in [2.75, 3.05) is 0 Å². The second-order valence-corrected chi connectivity index (χ2v) is 8.17. The number of aromatic nitrogens is 1. The molecule has 4 aromatic rings. The average Bonchev–Trinajstić information content (AvgIpc) is 3.28. The molecule has 3 aromatic carbocycles. The van der Waals surface area contributed by atoms with Crippen molar-refractivity contribution < 1.29 is 9.90 Å². The minimum atomic E-state index is -1.86. The molecule has 0 unspecified atom stereocenters. The molecular weight excluding hydrogens is 501 g/mol. The summed E-state index contributed by atoms with van der Waals surface area (Å²) < 4.78 is 3.11. The quantitative estimate of drug-likeness (QED) is 0.224. The summed E-state index contributed by atoms with van der Waals surface area (Å²) in [6, 6.07) is 29.6. The van der Waals surface area contributed by atoms with Gasteiger partial charge in [-0.25, -0.2) is 5.43 Å². The minimum Gasteiger partial charge on any atom is -0.372 e. The molecule has 1 heterocycles. The van der Waals surface area contributed by atoms with E-state index in [9.17, 15) is 9.90 Å². The van der Waals surface area contributed by atoms with Crippen molar-refractivity contribution in [1.29, 1.82) is 0 Å². The maximum Gasteiger partial charge on any atom is 0.281 e. The van der Waals surface area contributed by atoms with Crippen LogP contribution >= 0.6 is 22.6 Å². The van der Waals surface area contributed by atoms with Crippen molar-refractivity contribution in [3.8, 4) is 5.69 Å². The molecule has 0 aliphatic rings. The van der Waals surface area contributed by atoms with Gasteiger partial charge in [0.15, 0.2) is 5.60 Å². The number of rotatable bonds is 6. The van der Waals surface area contributed by atoms with Gasteiger partial charge in [-0.05, 0) is 70.1 Å². The van der Waals surface area contributed by atoms with E-state index in [1.807, 2.05) is 59.3 Å². The summed E-state index contributed by atoms with van der Waals surface area (Å²) in [4.78, 5) is 13.1. The summed E-state index contributed by atoms with van der Waals surface area (Å²) in [7, 11) is 0. The van der Waals surface area contributed by atoms with Crippen LogP contribution in [0.2, 0.25) is 0 Å². The number of halogens is 1. The molecule has 0 fully saturated rings. The van der Waals surface area contributed by atoms with Gasteiger partial charge in [0.1, 0.15) is 0 Å². The van der Waals surface area contributed by atoms with Crippen molar-refractivity contribution in [2.45, 2.75) is 5.60 Å². The summed E-state index contributed by atoms with van der Waals surface area (Å²) >= 11 is 2.26. The van der Waals surface area contributed by atoms with E-state index >= 15 is 0 Å². The molecule has 5 nitrogen and oxygen atoms in total. The standard InChI is InChI=1S/C25H20IN3O2/c26-21-13-15-22(16-14-21)29-17-7-12-23(29)18-27-28-24(30)25(31,19-8-3-1-4-9-19)20-10-5-2-6-11-20/h1-18,31H,(H,28,30)/b27-18-. The van der Waals surface area contributed by atoms with E-state index < -0.39 is 11.5 Å². The van der Waals surface area contributed by atoms with Crippen molar-refractivity contribution in [3.63, 3.8) is 0 Å². The number of benzene rings is 3. The van der Waals surface area contributed by atoms with Gasteiger partial charge in [0, 0.05) is 15.5 Å². The molecule has 4 rings (SSSR count). The van der Waals surface area contributed by atoms with Crippen LogP contribution in [0.4, 0.5) is 0 Å². The van der Waals surface area contributed by atoms with Gasteiger partial charge in [-0.1, -0.05) is 60.7 Å². The molecular formula is C25H20IN3O2. The van der Waals surface area contributed by atoms with E-state index in [4.69, 9.17) is 0 Å². The lowest BCUT2D eigenvalue weighted by Crippen LogP contribution is -2.43. The Hall–Kier alpha value is -3.23. The Morgan fingerprint density at radius 3 is 2.03 bits per heavy atom. The number of carbonyl (C=O) groups excluding carboxylic acids is 1. The van der Waals surface area contributed by atoms with E-state index in [1.54, 1.807) is 54.7 Å². The number of hydrogen-bond acceptors (Lipinski definition) is 3. The lowest BCUT2D eigenvalue weighted by atomic mass is 9.85. The third-order valence-electron chi connectivity index (χ3n) is 4.96. The van der Waals surface area contributed by atoms with Crippen LogP contribution in [0.5, 0.6) is 0 Å². The zero-order valence-electron chi connectivity index (χ0n) is 16.5. The van der Waals surface area contributed by atoms with Gasteiger partial charge in [0.05, 0.1) is 11.9 Å². The lowest BCUT2D eigenvalue weighted by Gasteiger charge is -2.27. The molecule has 154 valence electrons. The molecule has 6 heteroatoms. The molecule has 0 saturated carbocycles. The monoisotopic (exact) mass is 521 g/mol. The maximum absolute atomic E-state index is 13.1. The number of amides is 1. The fourth-order valence-electron chi connectivity index (χ4n) is 3.36. The van der Waals surface area contributed by atoms with E-state index in [0.29, 0.717) is 11.1 Å². The highest BCUT2D eigenvalue weighted by molar-refractivity contribution is 14.1. The minimum absolute atomic E-state index is 0.469. The van der Waals surface area contributed by atoms with Crippen LogP contribution in [0.1, 0.15) is 16.8 Å². The summed E-state index contributed by atoms with van der Waals surface area (Å²) in [6.45, 7) is 0. The summed E-state index contributed by atoms with van der Waals surface area (Å²) in [5.74, 6) is -0.631. The van der Waals surface area contributed by atoms with Crippen LogP contribution < -0.4 is 5.43 Å². The summed E-state index contributed by atoms with van der Waals surface area (Å²) in [6.07, 6.45) is 3.49. The van der Waals surface area contributed by atoms with Gasteiger partial charge in [-0.2, -0.15) is 5.10 Å². The zero-order valence-corrected chi connectivity index (χ0v) is 18.7. The zero-order chi connectivity index (χ0) is 21.7. The molecule has 0 radical (unpaired) electrons. The molecule has 1 amide bonds. The van der Waals surface area contributed by atoms with E-state index in [2.05, 4.69) is 33.1 Å². The fraction of sp³-hybridized carbons (Fsp3) is 0.0400. The van der Waals surface area contributed by atoms with Gasteiger partial charge in [0.25, 0.3) is 5.91 Å². The number of nitrogens with zero attached hydrogens (tertiary/aromatic N) is 2. The largest absolute Gasteiger partial charge is 0.372 e. The Morgan fingerprint density at radius 1 is 0.871 bits per heavy atom. The average molecular weight is 521 g/mol. The Balaban J connectivity index is 1.59. The first-order valence-electron chi connectivity index (χ1n) is 9.69. The predicted octanol–water partition coefficient (Wildman–Crippen LogP) is 4.47. The number of aliphatic hydroxyl groups is 1. The highest BCUT2D eigenvalue weighted by Gasteiger charge is 2.39. The maximum atomic E-state index is 13.1. The van der Waals surface area contributed by atoms with Crippen LogP contribution in [-0.2, 0) is 10.4 Å². The van der Waals surface area contributed by atoms with Gasteiger partial charge in [0.2, 0.25) is 0 Å².